The first-order valence-corrected chi connectivity index (χ1v) is 7.85. The molecule has 0 aromatic carbocycles. The van der Waals surface area contributed by atoms with Gasteiger partial charge >= 0.3 is 12.0 Å². The highest BCUT2D eigenvalue weighted by molar-refractivity contribution is 5.73. The molecule has 0 spiro atoms. The lowest BCUT2D eigenvalue weighted by atomic mass is 9.89. The van der Waals surface area contributed by atoms with Crippen molar-refractivity contribution in [3.63, 3.8) is 0 Å². The van der Waals surface area contributed by atoms with Crippen molar-refractivity contribution >= 4 is 12.0 Å². The molecule has 2 saturated heterocycles. The van der Waals surface area contributed by atoms with Crippen LogP contribution in [0.15, 0.2) is 0 Å². The molecule has 6 nitrogen and oxygen atoms in total. The summed E-state index contributed by atoms with van der Waals surface area (Å²) in [7, 11) is 3.57. The van der Waals surface area contributed by atoms with Gasteiger partial charge in [0, 0.05) is 39.3 Å². The maximum atomic E-state index is 11.9. The fourth-order valence-corrected chi connectivity index (χ4v) is 3.63. The predicted octanol–water partition coefficient (Wildman–Crippen LogP) is 1.32. The average Bonchev–Trinajstić information content (AvgIpc) is 2.46. The summed E-state index contributed by atoms with van der Waals surface area (Å²) in [5.41, 5.74) is 0. The number of carboxylic acids is 1. The Balaban J connectivity index is 1.85. The molecule has 2 aliphatic heterocycles. The van der Waals surface area contributed by atoms with E-state index >= 15 is 0 Å². The molecular formula is C15H27N3O3. The van der Waals surface area contributed by atoms with E-state index in [-0.39, 0.29) is 11.9 Å². The summed E-state index contributed by atoms with van der Waals surface area (Å²) in [6.07, 6.45) is 3.46. The van der Waals surface area contributed by atoms with Gasteiger partial charge in [0.1, 0.15) is 0 Å². The van der Waals surface area contributed by atoms with E-state index in [1.807, 2.05) is 4.90 Å². The Morgan fingerprint density at radius 2 is 1.71 bits per heavy atom. The molecule has 2 atom stereocenters. The van der Waals surface area contributed by atoms with Crippen molar-refractivity contribution in [1.82, 2.24) is 14.7 Å². The second kappa shape index (κ2) is 6.64. The van der Waals surface area contributed by atoms with Crippen LogP contribution in [0.3, 0.4) is 0 Å². The number of likely N-dealkylation sites (tertiary alicyclic amines) is 2. The van der Waals surface area contributed by atoms with Gasteiger partial charge in [0.05, 0.1) is 5.92 Å². The molecule has 0 aromatic heterocycles. The molecule has 21 heavy (non-hydrogen) atoms. The van der Waals surface area contributed by atoms with Crippen molar-refractivity contribution in [2.45, 2.75) is 44.7 Å². The summed E-state index contributed by atoms with van der Waals surface area (Å²) >= 11 is 0. The summed E-state index contributed by atoms with van der Waals surface area (Å²) < 4.78 is 0. The van der Waals surface area contributed by atoms with Crippen LogP contribution in [0.2, 0.25) is 0 Å². The second-order valence-electron chi connectivity index (χ2n) is 6.54. The van der Waals surface area contributed by atoms with E-state index in [1.165, 1.54) is 0 Å². The van der Waals surface area contributed by atoms with Gasteiger partial charge < -0.3 is 14.9 Å². The number of carbonyl (C=O) groups is 2. The normalized spacial score (nSPS) is 28.4. The summed E-state index contributed by atoms with van der Waals surface area (Å²) in [6.45, 7) is 4.59. The van der Waals surface area contributed by atoms with E-state index < -0.39 is 5.97 Å². The van der Waals surface area contributed by atoms with E-state index in [0.717, 1.165) is 45.3 Å². The van der Waals surface area contributed by atoms with Crippen molar-refractivity contribution in [3.8, 4) is 0 Å². The molecule has 2 heterocycles. The Hall–Kier alpha value is -1.30. The number of amides is 2. The molecule has 6 heteroatoms. The third kappa shape index (κ3) is 3.67. The highest BCUT2D eigenvalue weighted by Gasteiger charge is 2.35. The molecule has 2 aliphatic rings. The maximum Gasteiger partial charge on any atom is 0.319 e. The predicted molar refractivity (Wildman–Crippen MR) is 80.2 cm³/mol. The lowest BCUT2D eigenvalue weighted by Gasteiger charge is -2.45. The number of aliphatic carboxylic acids is 1. The SMILES string of the molecule is CC1CC(C(=O)O)CCN1C1CCN(C(=O)N(C)C)CC1. The molecule has 2 rings (SSSR count). The molecule has 0 bridgehead atoms. The molecule has 0 saturated carbocycles. The number of rotatable bonds is 2. The van der Waals surface area contributed by atoms with E-state index in [2.05, 4.69) is 11.8 Å². The molecule has 2 unspecified atom stereocenters. The molecule has 2 fully saturated rings. The fourth-order valence-electron chi connectivity index (χ4n) is 3.63. The van der Waals surface area contributed by atoms with Crippen molar-refractivity contribution < 1.29 is 14.7 Å². The van der Waals surface area contributed by atoms with Crippen LogP contribution in [-0.2, 0) is 4.79 Å². The second-order valence-corrected chi connectivity index (χ2v) is 6.54. The molecule has 1 N–H and O–H groups in total. The van der Waals surface area contributed by atoms with Gasteiger partial charge in [-0.1, -0.05) is 0 Å². The van der Waals surface area contributed by atoms with E-state index in [1.54, 1.807) is 19.0 Å². The van der Waals surface area contributed by atoms with Gasteiger partial charge in [-0.25, -0.2) is 4.79 Å². The van der Waals surface area contributed by atoms with E-state index in [0.29, 0.717) is 12.1 Å². The zero-order valence-electron chi connectivity index (χ0n) is 13.3. The summed E-state index contributed by atoms with van der Waals surface area (Å²) in [4.78, 5) is 29.0. The first-order chi connectivity index (χ1) is 9.90. The Labute approximate surface area is 126 Å². The van der Waals surface area contributed by atoms with Gasteiger partial charge in [0.15, 0.2) is 0 Å². The van der Waals surface area contributed by atoms with Gasteiger partial charge in [-0.15, -0.1) is 0 Å². The molecule has 0 aromatic rings. The lowest BCUT2D eigenvalue weighted by Crippen LogP contribution is -2.53. The summed E-state index contributed by atoms with van der Waals surface area (Å²) in [6, 6.07) is 0.896. The first-order valence-electron chi connectivity index (χ1n) is 7.85. The van der Waals surface area contributed by atoms with Crippen LogP contribution in [0.1, 0.15) is 32.6 Å². The lowest BCUT2D eigenvalue weighted by molar-refractivity contribution is -0.144. The number of piperidine rings is 2. The van der Waals surface area contributed by atoms with Gasteiger partial charge in [0.2, 0.25) is 0 Å². The van der Waals surface area contributed by atoms with Crippen molar-refractivity contribution in [1.29, 1.82) is 0 Å². The van der Waals surface area contributed by atoms with Crippen molar-refractivity contribution in [2.24, 2.45) is 5.92 Å². The molecular weight excluding hydrogens is 270 g/mol. The minimum absolute atomic E-state index is 0.0890. The number of urea groups is 1. The van der Waals surface area contributed by atoms with Gasteiger partial charge in [0.25, 0.3) is 0 Å². The maximum absolute atomic E-state index is 11.9. The van der Waals surface area contributed by atoms with E-state index in [9.17, 15) is 9.59 Å². The van der Waals surface area contributed by atoms with Crippen molar-refractivity contribution in [2.75, 3.05) is 33.7 Å². The van der Waals surface area contributed by atoms with Crippen LogP contribution in [0, 0.1) is 5.92 Å². The Morgan fingerprint density at radius 3 is 2.19 bits per heavy atom. The Kier molecular flexibility index (Phi) is 5.08. The minimum Gasteiger partial charge on any atom is -0.481 e. The number of carbonyl (C=O) groups excluding carboxylic acids is 1. The highest BCUT2D eigenvalue weighted by Crippen LogP contribution is 2.28. The largest absolute Gasteiger partial charge is 0.481 e. The van der Waals surface area contributed by atoms with Gasteiger partial charge in [-0.3, -0.25) is 9.69 Å². The van der Waals surface area contributed by atoms with Crippen LogP contribution < -0.4 is 0 Å². The van der Waals surface area contributed by atoms with Gasteiger partial charge in [-0.05, 0) is 39.2 Å². The minimum atomic E-state index is -0.659. The Bertz CT molecular complexity index is 392. The number of nitrogens with zero attached hydrogens (tertiary/aromatic N) is 3. The zero-order chi connectivity index (χ0) is 15.6. The fraction of sp³-hybridized carbons (Fsp3) is 0.867. The molecule has 0 aliphatic carbocycles. The monoisotopic (exact) mass is 297 g/mol. The average molecular weight is 297 g/mol. The smallest absolute Gasteiger partial charge is 0.319 e. The molecule has 120 valence electrons. The number of hydrogen-bond donors (Lipinski definition) is 1. The highest BCUT2D eigenvalue weighted by atomic mass is 16.4. The number of carboxylic acid groups (broad SMARTS) is 1. The molecule has 0 radical (unpaired) electrons. The van der Waals surface area contributed by atoms with Crippen LogP contribution in [0.25, 0.3) is 0 Å². The third-order valence-electron chi connectivity index (χ3n) is 4.86. The van der Waals surface area contributed by atoms with Crippen LogP contribution >= 0.6 is 0 Å². The van der Waals surface area contributed by atoms with Crippen LogP contribution in [0.5, 0.6) is 0 Å². The zero-order valence-corrected chi connectivity index (χ0v) is 13.3. The van der Waals surface area contributed by atoms with Crippen molar-refractivity contribution in [3.05, 3.63) is 0 Å². The Morgan fingerprint density at radius 1 is 1.10 bits per heavy atom. The van der Waals surface area contributed by atoms with Crippen LogP contribution in [0.4, 0.5) is 4.79 Å². The standard InChI is InChI=1S/C15H27N3O3/c1-11-10-12(14(19)20)4-9-18(11)13-5-7-17(8-6-13)15(21)16(2)3/h11-13H,4-10H2,1-3H3,(H,19,20). The summed E-state index contributed by atoms with van der Waals surface area (Å²) in [5.74, 6) is -0.848. The third-order valence-corrected chi connectivity index (χ3v) is 4.86. The van der Waals surface area contributed by atoms with Crippen LogP contribution in [-0.4, -0.2) is 77.6 Å². The topological polar surface area (TPSA) is 64.1 Å². The summed E-state index contributed by atoms with van der Waals surface area (Å²) in [5, 5.41) is 9.13. The van der Waals surface area contributed by atoms with Gasteiger partial charge in [-0.2, -0.15) is 0 Å². The molecule has 2 amide bonds. The first kappa shape index (κ1) is 16.1. The van der Waals surface area contributed by atoms with E-state index in [4.69, 9.17) is 5.11 Å². The quantitative estimate of drug-likeness (QED) is 0.835. The number of hydrogen-bond acceptors (Lipinski definition) is 3.